The molecule has 4 rings (SSSR count). The Morgan fingerprint density at radius 3 is 2.69 bits per heavy atom. The number of aliphatic carboxylic acids is 1. The molecule has 0 radical (unpaired) electrons. The van der Waals surface area contributed by atoms with Gasteiger partial charge in [0.25, 0.3) is 0 Å². The molecule has 0 saturated carbocycles. The van der Waals surface area contributed by atoms with E-state index in [1.54, 1.807) is 0 Å². The molecule has 0 bridgehead atoms. The number of carboxylic acid groups (broad SMARTS) is 1. The van der Waals surface area contributed by atoms with Crippen LogP contribution in [0, 0.1) is 0 Å². The normalized spacial score (nSPS) is 16.6. The lowest BCUT2D eigenvalue weighted by Gasteiger charge is -2.38. The minimum absolute atomic E-state index is 0.440. The molecule has 0 amide bonds. The fourth-order valence-electron chi connectivity index (χ4n) is 3.87. The first-order chi connectivity index (χ1) is 14.1. The van der Waals surface area contributed by atoms with Crippen molar-refractivity contribution in [3.8, 4) is 5.75 Å². The van der Waals surface area contributed by atoms with Crippen molar-refractivity contribution in [1.82, 2.24) is 14.7 Å². The number of hydrogen-bond donors (Lipinski definition) is 1. The highest BCUT2D eigenvalue weighted by atomic mass is 16.5. The molecule has 1 aliphatic heterocycles. The van der Waals surface area contributed by atoms with E-state index >= 15 is 0 Å². The summed E-state index contributed by atoms with van der Waals surface area (Å²) in [6, 6.07) is 13.7. The summed E-state index contributed by atoms with van der Waals surface area (Å²) in [6.07, 6.45) is 6.55. The lowest BCUT2D eigenvalue weighted by atomic mass is 9.90. The minimum atomic E-state index is -1.19. The average Bonchev–Trinajstić information content (AvgIpc) is 3.16. The van der Waals surface area contributed by atoms with Gasteiger partial charge in [-0.25, -0.2) is 4.79 Å². The number of ether oxygens (including phenoxy) is 1. The van der Waals surface area contributed by atoms with Gasteiger partial charge < -0.3 is 9.84 Å². The van der Waals surface area contributed by atoms with Crippen molar-refractivity contribution >= 4 is 16.7 Å². The van der Waals surface area contributed by atoms with Crippen molar-refractivity contribution in [3.05, 3.63) is 73.1 Å². The molecule has 0 unspecified atom stereocenters. The summed E-state index contributed by atoms with van der Waals surface area (Å²) >= 11 is 0. The van der Waals surface area contributed by atoms with Crippen LogP contribution in [-0.2, 0) is 17.9 Å². The minimum Gasteiger partial charge on any atom is -0.478 e. The number of carbonyl (C=O) groups is 1. The number of allylic oxidation sites excluding steroid dienone is 1. The molecule has 1 aromatic heterocycles. The van der Waals surface area contributed by atoms with Crippen molar-refractivity contribution in [2.24, 2.45) is 0 Å². The second kappa shape index (κ2) is 8.09. The van der Waals surface area contributed by atoms with E-state index in [4.69, 9.17) is 4.74 Å². The van der Waals surface area contributed by atoms with E-state index in [-0.39, 0.29) is 0 Å². The molecule has 2 heterocycles. The molecule has 0 aliphatic carbocycles. The summed E-state index contributed by atoms with van der Waals surface area (Å²) in [7, 11) is 0. The molecule has 0 atom stereocenters. The van der Waals surface area contributed by atoms with Crippen molar-refractivity contribution in [1.29, 1.82) is 0 Å². The number of aromatic nitrogens is 2. The second-order valence-corrected chi connectivity index (χ2v) is 7.55. The SMILES string of the molecule is C=CCn1cc(CN2CCC(Oc3ccc4ccccc4c3)(C(=O)O)CC2)cn1. The Labute approximate surface area is 170 Å². The number of fused-ring (bicyclic) bond motifs is 1. The van der Waals surface area contributed by atoms with Crippen molar-refractivity contribution < 1.29 is 14.6 Å². The molecule has 3 aromatic rings. The van der Waals surface area contributed by atoms with E-state index in [9.17, 15) is 9.90 Å². The first kappa shape index (κ1) is 19.2. The summed E-state index contributed by atoms with van der Waals surface area (Å²) in [6.45, 7) is 6.48. The quantitative estimate of drug-likeness (QED) is 0.622. The summed E-state index contributed by atoms with van der Waals surface area (Å²) in [5.41, 5.74) is -0.0727. The number of likely N-dealkylation sites (tertiary alicyclic amines) is 1. The van der Waals surface area contributed by atoms with Crippen molar-refractivity contribution in [2.75, 3.05) is 13.1 Å². The predicted molar refractivity (Wildman–Crippen MR) is 112 cm³/mol. The number of benzene rings is 2. The van der Waals surface area contributed by atoms with Gasteiger partial charge in [0.15, 0.2) is 0 Å². The highest BCUT2D eigenvalue weighted by Gasteiger charge is 2.44. The maximum Gasteiger partial charge on any atom is 0.348 e. The molecular formula is C23H25N3O3. The Bertz CT molecular complexity index is 1020. The molecule has 2 aromatic carbocycles. The smallest absolute Gasteiger partial charge is 0.348 e. The van der Waals surface area contributed by atoms with Gasteiger partial charge in [0, 0.05) is 44.2 Å². The van der Waals surface area contributed by atoms with Crippen LogP contribution in [-0.4, -0.2) is 44.4 Å². The fourth-order valence-corrected chi connectivity index (χ4v) is 3.87. The van der Waals surface area contributed by atoms with Gasteiger partial charge in [-0.15, -0.1) is 6.58 Å². The lowest BCUT2D eigenvalue weighted by Crippen LogP contribution is -2.53. The first-order valence-electron chi connectivity index (χ1n) is 9.84. The van der Waals surface area contributed by atoms with Gasteiger partial charge in [-0.3, -0.25) is 9.58 Å². The van der Waals surface area contributed by atoms with Gasteiger partial charge in [-0.05, 0) is 22.9 Å². The summed E-state index contributed by atoms with van der Waals surface area (Å²) in [5, 5.41) is 16.4. The zero-order valence-electron chi connectivity index (χ0n) is 16.3. The molecule has 1 saturated heterocycles. The average molecular weight is 391 g/mol. The van der Waals surface area contributed by atoms with Gasteiger partial charge in [0.1, 0.15) is 5.75 Å². The van der Waals surface area contributed by atoms with Gasteiger partial charge in [-0.2, -0.15) is 5.10 Å². The Hall–Kier alpha value is -3.12. The Morgan fingerprint density at radius 1 is 1.21 bits per heavy atom. The third-order valence-electron chi connectivity index (χ3n) is 5.50. The van der Waals surface area contributed by atoms with Gasteiger partial charge in [0.2, 0.25) is 5.60 Å². The van der Waals surface area contributed by atoms with E-state index < -0.39 is 11.6 Å². The van der Waals surface area contributed by atoms with Crippen LogP contribution >= 0.6 is 0 Å². The van der Waals surface area contributed by atoms with Crippen molar-refractivity contribution in [2.45, 2.75) is 31.5 Å². The molecule has 1 N–H and O–H groups in total. The van der Waals surface area contributed by atoms with Crippen LogP contribution in [0.3, 0.4) is 0 Å². The van der Waals surface area contributed by atoms with E-state index in [1.165, 1.54) is 0 Å². The van der Waals surface area contributed by atoms with Crippen molar-refractivity contribution in [3.63, 3.8) is 0 Å². The summed E-state index contributed by atoms with van der Waals surface area (Å²) < 4.78 is 7.94. The lowest BCUT2D eigenvalue weighted by molar-refractivity contribution is -0.159. The topological polar surface area (TPSA) is 67.6 Å². The second-order valence-electron chi connectivity index (χ2n) is 7.55. The largest absolute Gasteiger partial charge is 0.478 e. The van der Waals surface area contributed by atoms with E-state index in [0.717, 1.165) is 22.9 Å². The Balaban J connectivity index is 1.44. The summed E-state index contributed by atoms with van der Waals surface area (Å²) in [5.74, 6) is -0.297. The van der Waals surface area contributed by atoms with E-state index in [0.29, 0.717) is 38.2 Å². The molecule has 0 spiro atoms. The van der Waals surface area contributed by atoms with Gasteiger partial charge >= 0.3 is 5.97 Å². The third kappa shape index (κ3) is 4.17. The van der Waals surface area contributed by atoms with E-state index in [1.807, 2.05) is 65.6 Å². The zero-order chi connectivity index (χ0) is 20.3. The van der Waals surface area contributed by atoms with Gasteiger partial charge in [0.05, 0.1) is 12.7 Å². The number of carboxylic acids is 1. The number of nitrogens with zero attached hydrogens (tertiary/aromatic N) is 3. The molecule has 1 aliphatic rings. The van der Waals surface area contributed by atoms with Gasteiger partial charge in [-0.1, -0.05) is 36.4 Å². The standard InChI is InChI=1S/C23H25N3O3/c1-2-11-26-17-18(15-24-26)16-25-12-9-23(10-13-25,22(27)28)29-21-8-7-19-5-3-4-6-20(19)14-21/h2-8,14-15,17H,1,9-13,16H2,(H,27,28). The molecule has 29 heavy (non-hydrogen) atoms. The van der Waals surface area contributed by atoms with Crippen LogP contribution in [0.15, 0.2) is 67.5 Å². The van der Waals surface area contributed by atoms with Crippen LogP contribution in [0.25, 0.3) is 10.8 Å². The summed E-state index contributed by atoms with van der Waals surface area (Å²) in [4.78, 5) is 14.4. The van der Waals surface area contributed by atoms with Crippen LogP contribution in [0.4, 0.5) is 0 Å². The van der Waals surface area contributed by atoms with Crippen LogP contribution < -0.4 is 4.74 Å². The molecule has 6 nitrogen and oxygen atoms in total. The highest BCUT2D eigenvalue weighted by molar-refractivity contribution is 5.84. The predicted octanol–water partition coefficient (Wildman–Crippen LogP) is 3.72. The maximum atomic E-state index is 12.1. The monoisotopic (exact) mass is 391 g/mol. The number of hydrogen-bond acceptors (Lipinski definition) is 4. The van der Waals surface area contributed by atoms with Crippen LogP contribution in [0.5, 0.6) is 5.75 Å². The van der Waals surface area contributed by atoms with E-state index in [2.05, 4.69) is 16.6 Å². The highest BCUT2D eigenvalue weighted by Crippen LogP contribution is 2.31. The Kier molecular flexibility index (Phi) is 5.36. The molecule has 6 heteroatoms. The molecular weight excluding hydrogens is 366 g/mol. The number of rotatable bonds is 7. The Morgan fingerprint density at radius 2 is 1.97 bits per heavy atom. The fraction of sp³-hybridized carbons (Fsp3) is 0.304. The van der Waals surface area contributed by atoms with Crippen LogP contribution in [0.2, 0.25) is 0 Å². The van der Waals surface area contributed by atoms with Crippen LogP contribution in [0.1, 0.15) is 18.4 Å². The zero-order valence-corrected chi connectivity index (χ0v) is 16.3. The molecule has 1 fully saturated rings. The number of piperidine rings is 1. The molecule has 150 valence electrons. The maximum absolute atomic E-state index is 12.1. The first-order valence-corrected chi connectivity index (χ1v) is 9.84. The third-order valence-corrected chi connectivity index (χ3v) is 5.50.